The summed E-state index contributed by atoms with van der Waals surface area (Å²) in [6.07, 6.45) is 0.172. The number of rotatable bonds is 7. The van der Waals surface area contributed by atoms with E-state index in [0.29, 0.717) is 28.0 Å². The normalized spacial score (nSPS) is 15.4. The highest BCUT2D eigenvalue weighted by molar-refractivity contribution is 6.35. The van der Waals surface area contributed by atoms with E-state index in [4.69, 9.17) is 27.9 Å². The Balaban J connectivity index is 1.32. The van der Waals surface area contributed by atoms with E-state index in [0.717, 1.165) is 22.4 Å². The van der Waals surface area contributed by atoms with E-state index in [2.05, 4.69) is 10.9 Å². The molecule has 1 saturated heterocycles. The molecule has 1 aliphatic heterocycles. The first-order valence-electron chi connectivity index (χ1n) is 10.9. The molecule has 1 heterocycles. The summed E-state index contributed by atoms with van der Waals surface area (Å²) in [5.41, 5.74) is 10.2. The van der Waals surface area contributed by atoms with E-state index >= 15 is 0 Å². The average Bonchev–Trinajstić information content (AvgIpc) is 3.20. The van der Waals surface area contributed by atoms with Gasteiger partial charge in [-0.1, -0.05) is 41.4 Å². The third kappa shape index (κ3) is 5.64. The predicted octanol–water partition coefficient (Wildman–Crippen LogP) is 5.69. The fourth-order valence-corrected chi connectivity index (χ4v) is 4.19. The monoisotopic (exact) mass is 497 g/mol. The summed E-state index contributed by atoms with van der Waals surface area (Å²) in [7, 11) is 0. The predicted molar refractivity (Wildman–Crippen MR) is 135 cm³/mol. The van der Waals surface area contributed by atoms with Crippen LogP contribution in [0.15, 0.2) is 60.7 Å². The van der Waals surface area contributed by atoms with Crippen LogP contribution in [0.5, 0.6) is 5.75 Å². The largest absolute Gasteiger partial charge is 0.489 e. The molecule has 34 heavy (non-hydrogen) atoms. The van der Waals surface area contributed by atoms with Crippen LogP contribution in [0, 0.1) is 19.8 Å². The molecule has 2 N–H and O–H groups in total. The Morgan fingerprint density at radius 1 is 1.06 bits per heavy atom. The first kappa shape index (κ1) is 23.9. The molecule has 3 aromatic rings. The molecule has 6 nitrogen and oxygen atoms in total. The number of nitrogens with one attached hydrogen (secondary N) is 2. The number of carbonyl (C=O) groups is 2. The highest BCUT2D eigenvalue weighted by Crippen LogP contribution is 2.27. The van der Waals surface area contributed by atoms with Crippen molar-refractivity contribution in [3.63, 3.8) is 0 Å². The lowest BCUT2D eigenvalue weighted by atomic mass is 10.1. The van der Waals surface area contributed by atoms with Crippen LogP contribution < -0.4 is 20.5 Å². The second-order valence-corrected chi connectivity index (χ2v) is 9.18. The number of nitrogens with zero attached hydrogens (tertiary/aromatic N) is 1. The molecule has 0 spiro atoms. The number of ether oxygens (including phenoxy) is 1. The lowest BCUT2D eigenvalue weighted by Crippen LogP contribution is -2.36. The molecule has 4 rings (SSSR count). The summed E-state index contributed by atoms with van der Waals surface area (Å²) >= 11 is 12.1. The third-order valence-electron chi connectivity index (χ3n) is 5.87. The van der Waals surface area contributed by atoms with Gasteiger partial charge in [0.1, 0.15) is 12.4 Å². The minimum Gasteiger partial charge on any atom is -0.489 e. The first-order chi connectivity index (χ1) is 16.3. The van der Waals surface area contributed by atoms with Crippen LogP contribution in [0.4, 0.5) is 11.4 Å². The van der Waals surface area contributed by atoms with Crippen LogP contribution >= 0.6 is 23.2 Å². The number of halogens is 2. The summed E-state index contributed by atoms with van der Waals surface area (Å²) in [5.74, 6) is -0.117. The molecule has 2 amide bonds. The molecule has 0 saturated carbocycles. The van der Waals surface area contributed by atoms with Gasteiger partial charge in [-0.15, -0.1) is 0 Å². The molecule has 1 fully saturated rings. The first-order valence-corrected chi connectivity index (χ1v) is 11.7. The summed E-state index contributed by atoms with van der Waals surface area (Å²) in [5, 5.41) is 1.10. The van der Waals surface area contributed by atoms with E-state index < -0.39 is 5.92 Å². The lowest BCUT2D eigenvalue weighted by Gasteiger charge is -2.18. The molecule has 8 heteroatoms. The van der Waals surface area contributed by atoms with Gasteiger partial charge in [-0.05, 0) is 61.4 Å². The highest BCUT2D eigenvalue weighted by Gasteiger charge is 2.35. The topological polar surface area (TPSA) is 70.7 Å². The Morgan fingerprint density at radius 2 is 1.88 bits per heavy atom. The summed E-state index contributed by atoms with van der Waals surface area (Å²) in [4.78, 5) is 26.9. The zero-order valence-corrected chi connectivity index (χ0v) is 20.4. The second-order valence-electron chi connectivity index (χ2n) is 8.34. The van der Waals surface area contributed by atoms with Gasteiger partial charge in [-0.25, -0.2) is 0 Å². The number of aryl methyl sites for hydroxylation is 2. The van der Waals surface area contributed by atoms with Crippen LogP contribution in [-0.4, -0.2) is 18.4 Å². The third-order valence-corrected chi connectivity index (χ3v) is 6.46. The number of carbonyl (C=O) groups excluding carboxylic acids is 2. The van der Waals surface area contributed by atoms with Crippen molar-refractivity contribution in [1.29, 1.82) is 0 Å². The molecule has 1 atom stereocenters. The molecule has 3 aromatic carbocycles. The standard InChI is InChI=1S/C26H25Cl2N3O3/c1-16-6-9-22(10-17(16)2)31-14-19(11-25(31)32)26(33)30-29-21-4-3-5-23(13-21)34-15-18-7-8-20(27)12-24(18)28/h3-10,12-13,19,29H,11,14-15H2,1-2H3,(H,30,33)/t19-/m1/s1. The van der Waals surface area contributed by atoms with Gasteiger partial charge < -0.3 is 9.64 Å². The molecule has 0 unspecified atom stereocenters. The summed E-state index contributed by atoms with van der Waals surface area (Å²) < 4.78 is 5.82. The van der Waals surface area contributed by atoms with Gasteiger partial charge in [0.2, 0.25) is 11.8 Å². The van der Waals surface area contributed by atoms with Gasteiger partial charge in [-0.2, -0.15) is 0 Å². The molecule has 0 aliphatic carbocycles. The number of hydrogen-bond acceptors (Lipinski definition) is 4. The minimum atomic E-state index is -0.437. The van der Waals surface area contributed by atoms with Crippen molar-refractivity contribution in [2.24, 2.45) is 5.92 Å². The average molecular weight is 498 g/mol. The fourth-order valence-electron chi connectivity index (χ4n) is 3.73. The number of hydrogen-bond donors (Lipinski definition) is 2. The lowest BCUT2D eigenvalue weighted by molar-refractivity contribution is -0.125. The maximum absolute atomic E-state index is 12.7. The van der Waals surface area contributed by atoms with E-state index in [9.17, 15) is 9.59 Å². The van der Waals surface area contributed by atoms with Crippen LogP contribution in [-0.2, 0) is 16.2 Å². The van der Waals surface area contributed by atoms with Crippen molar-refractivity contribution >= 4 is 46.4 Å². The van der Waals surface area contributed by atoms with E-state index in [1.807, 2.05) is 56.3 Å². The van der Waals surface area contributed by atoms with Gasteiger partial charge in [0.15, 0.2) is 0 Å². The quantitative estimate of drug-likeness (QED) is 0.411. The molecule has 0 aromatic heterocycles. The summed E-state index contributed by atoms with van der Waals surface area (Å²) in [6.45, 7) is 4.67. The fraction of sp³-hybridized carbons (Fsp3) is 0.231. The van der Waals surface area contributed by atoms with Crippen molar-refractivity contribution in [3.8, 4) is 5.75 Å². The number of amides is 2. The Labute approximate surface area is 208 Å². The molecule has 1 aliphatic rings. The smallest absolute Gasteiger partial charge is 0.243 e. The van der Waals surface area contributed by atoms with E-state index in [1.165, 1.54) is 0 Å². The Morgan fingerprint density at radius 3 is 2.65 bits per heavy atom. The maximum Gasteiger partial charge on any atom is 0.243 e. The number of benzene rings is 3. The van der Waals surface area contributed by atoms with Gasteiger partial charge in [0.25, 0.3) is 0 Å². The SMILES string of the molecule is Cc1ccc(N2C[C@H](C(=O)NNc3cccc(OCc4ccc(Cl)cc4Cl)c3)CC2=O)cc1C. The molecule has 176 valence electrons. The Bertz CT molecular complexity index is 1230. The number of anilines is 2. The maximum atomic E-state index is 12.7. The highest BCUT2D eigenvalue weighted by atomic mass is 35.5. The van der Waals surface area contributed by atoms with Gasteiger partial charge >= 0.3 is 0 Å². The molecule has 0 radical (unpaired) electrons. The minimum absolute atomic E-state index is 0.0559. The van der Waals surface area contributed by atoms with Crippen LogP contribution in [0.2, 0.25) is 10.0 Å². The van der Waals surface area contributed by atoms with Gasteiger partial charge in [0.05, 0.1) is 11.6 Å². The van der Waals surface area contributed by atoms with Crippen LogP contribution in [0.1, 0.15) is 23.1 Å². The van der Waals surface area contributed by atoms with Gasteiger partial charge in [-0.3, -0.25) is 20.4 Å². The van der Waals surface area contributed by atoms with E-state index in [1.54, 1.807) is 23.1 Å². The van der Waals surface area contributed by atoms with Crippen molar-refractivity contribution < 1.29 is 14.3 Å². The van der Waals surface area contributed by atoms with Crippen LogP contribution in [0.3, 0.4) is 0 Å². The van der Waals surface area contributed by atoms with E-state index in [-0.39, 0.29) is 24.8 Å². The Kier molecular flexibility index (Phi) is 7.29. The zero-order valence-electron chi connectivity index (χ0n) is 18.9. The van der Waals surface area contributed by atoms with Crippen molar-refractivity contribution in [2.75, 3.05) is 16.9 Å². The van der Waals surface area contributed by atoms with Crippen molar-refractivity contribution in [1.82, 2.24) is 5.43 Å². The van der Waals surface area contributed by atoms with Crippen molar-refractivity contribution in [2.45, 2.75) is 26.9 Å². The number of hydrazine groups is 1. The van der Waals surface area contributed by atoms with Gasteiger partial charge in [0, 0.05) is 40.3 Å². The molecular weight excluding hydrogens is 473 g/mol. The molecule has 0 bridgehead atoms. The Hall–Kier alpha value is -3.22. The molecular formula is C26H25Cl2N3O3. The van der Waals surface area contributed by atoms with Crippen molar-refractivity contribution in [3.05, 3.63) is 87.4 Å². The second kappa shape index (κ2) is 10.4. The summed E-state index contributed by atoms with van der Waals surface area (Å²) in [6, 6.07) is 18.3. The zero-order chi connectivity index (χ0) is 24.2. The van der Waals surface area contributed by atoms with Crippen LogP contribution in [0.25, 0.3) is 0 Å².